The van der Waals surface area contributed by atoms with Crippen molar-refractivity contribution in [2.45, 2.75) is 0 Å². The van der Waals surface area contributed by atoms with Gasteiger partial charge in [0.15, 0.2) is 0 Å². The topological polar surface area (TPSA) is 59.6 Å². The van der Waals surface area contributed by atoms with Crippen LogP contribution in [0.2, 0.25) is 0 Å². The lowest BCUT2D eigenvalue weighted by Gasteiger charge is -1.92. The summed E-state index contributed by atoms with van der Waals surface area (Å²) in [6.07, 6.45) is 0. The Morgan fingerprint density at radius 2 is 1.76 bits per heavy atom. The molecule has 0 radical (unpaired) electrons. The van der Waals surface area contributed by atoms with Gasteiger partial charge in [-0.15, -0.1) is 4.91 Å². The number of amides is 1. The van der Waals surface area contributed by atoms with E-state index in [1.54, 1.807) is 12.1 Å². The number of hydrogen-bond acceptors (Lipinski definition) is 3. The van der Waals surface area contributed by atoms with Gasteiger partial charge in [-0.3, -0.25) is 4.79 Å². The van der Waals surface area contributed by atoms with E-state index in [2.05, 4.69) is 5.18 Å². The Balaban J connectivity index is 2.37. The Labute approximate surface area is 95.8 Å². The van der Waals surface area contributed by atoms with E-state index >= 15 is 0 Å². The quantitative estimate of drug-likeness (QED) is 0.595. The van der Waals surface area contributed by atoms with Crippen LogP contribution in [0.15, 0.2) is 52.1 Å². The Morgan fingerprint density at radius 3 is 2.59 bits per heavy atom. The highest BCUT2D eigenvalue weighted by molar-refractivity contribution is 6.08. The van der Waals surface area contributed by atoms with E-state index in [-0.39, 0.29) is 5.56 Å². The van der Waals surface area contributed by atoms with Gasteiger partial charge >= 0.3 is 5.91 Å². The standard InChI is InChI=1S/C13H7NO3/c15-13(14-16)8-5-6-12-10(7-8)9-3-1-2-4-11(9)17-12/h1-7H. The normalized spacial score (nSPS) is 10.8. The molecular formula is C13H7NO3. The molecule has 0 saturated carbocycles. The highest BCUT2D eigenvalue weighted by Gasteiger charge is 2.10. The summed E-state index contributed by atoms with van der Waals surface area (Å²) in [5.41, 5.74) is 1.72. The number of nitrogens with zero attached hydrogens (tertiary/aromatic N) is 1. The molecule has 0 aliphatic heterocycles. The minimum absolute atomic E-state index is 0.277. The molecule has 0 saturated heterocycles. The van der Waals surface area contributed by atoms with Crippen molar-refractivity contribution in [3.8, 4) is 0 Å². The first kappa shape index (κ1) is 9.72. The summed E-state index contributed by atoms with van der Waals surface area (Å²) in [6, 6.07) is 12.4. The molecule has 0 aliphatic carbocycles. The molecule has 0 fully saturated rings. The molecule has 2 aromatic carbocycles. The fourth-order valence-electron chi connectivity index (χ4n) is 1.91. The zero-order valence-electron chi connectivity index (χ0n) is 8.71. The molecule has 1 aromatic heterocycles. The summed E-state index contributed by atoms with van der Waals surface area (Å²) >= 11 is 0. The van der Waals surface area contributed by atoms with Gasteiger partial charge in [0.05, 0.1) is 0 Å². The van der Waals surface area contributed by atoms with E-state index in [1.807, 2.05) is 24.3 Å². The number of nitroso groups, excluding NO2 is 1. The number of carbonyl (C=O) groups is 1. The molecule has 4 nitrogen and oxygen atoms in total. The predicted octanol–water partition coefficient (Wildman–Crippen LogP) is 3.49. The van der Waals surface area contributed by atoms with Crippen molar-refractivity contribution in [2.75, 3.05) is 0 Å². The summed E-state index contributed by atoms with van der Waals surface area (Å²) in [6.45, 7) is 0. The molecule has 1 heterocycles. The Kier molecular flexibility index (Phi) is 2.01. The van der Waals surface area contributed by atoms with E-state index in [1.165, 1.54) is 6.07 Å². The highest BCUT2D eigenvalue weighted by atomic mass is 16.3. The van der Waals surface area contributed by atoms with Gasteiger partial charge in [0.1, 0.15) is 11.2 Å². The second kappa shape index (κ2) is 3.52. The maximum atomic E-state index is 11.2. The van der Waals surface area contributed by atoms with Gasteiger partial charge in [0, 0.05) is 21.5 Å². The van der Waals surface area contributed by atoms with Crippen molar-refractivity contribution in [2.24, 2.45) is 5.18 Å². The second-order valence-electron chi connectivity index (χ2n) is 3.71. The van der Waals surface area contributed by atoms with Crippen LogP contribution in [0.1, 0.15) is 10.4 Å². The van der Waals surface area contributed by atoms with Crippen LogP contribution in [0.5, 0.6) is 0 Å². The molecule has 17 heavy (non-hydrogen) atoms. The summed E-state index contributed by atoms with van der Waals surface area (Å²) in [5, 5.41) is 4.14. The minimum atomic E-state index is -0.766. The van der Waals surface area contributed by atoms with Crippen LogP contribution >= 0.6 is 0 Å². The molecule has 0 unspecified atom stereocenters. The van der Waals surface area contributed by atoms with Crippen LogP contribution in [-0.4, -0.2) is 5.91 Å². The smallest absolute Gasteiger partial charge is 0.316 e. The lowest BCUT2D eigenvalue weighted by molar-refractivity contribution is 0.100. The van der Waals surface area contributed by atoms with Crippen molar-refractivity contribution in [3.63, 3.8) is 0 Å². The van der Waals surface area contributed by atoms with Crippen LogP contribution in [-0.2, 0) is 0 Å². The van der Waals surface area contributed by atoms with Crippen LogP contribution in [0.3, 0.4) is 0 Å². The van der Waals surface area contributed by atoms with Crippen LogP contribution < -0.4 is 0 Å². The molecular weight excluding hydrogens is 218 g/mol. The monoisotopic (exact) mass is 225 g/mol. The minimum Gasteiger partial charge on any atom is -0.456 e. The third-order valence-corrected chi connectivity index (χ3v) is 2.71. The van der Waals surface area contributed by atoms with Crippen molar-refractivity contribution < 1.29 is 9.21 Å². The van der Waals surface area contributed by atoms with E-state index < -0.39 is 5.91 Å². The van der Waals surface area contributed by atoms with Crippen LogP contribution in [0.25, 0.3) is 21.9 Å². The van der Waals surface area contributed by atoms with E-state index in [4.69, 9.17) is 4.42 Å². The molecule has 4 heteroatoms. The number of para-hydroxylation sites is 1. The van der Waals surface area contributed by atoms with Gasteiger partial charge in [-0.1, -0.05) is 18.2 Å². The van der Waals surface area contributed by atoms with Gasteiger partial charge in [0.2, 0.25) is 0 Å². The Bertz CT molecular complexity index is 743. The van der Waals surface area contributed by atoms with Crippen molar-refractivity contribution in [1.29, 1.82) is 0 Å². The summed E-state index contributed by atoms with van der Waals surface area (Å²) in [4.78, 5) is 21.4. The van der Waals surface area contributed by atoms with E-state index in [0.717, 1.165) is 16.4 Å². The number of fused-ring (bicyclic) bond motifs is 3. The molecule has 0 spiro atoms. The fraction of sp³-hybridized carbons (Fsp3) is 0. The van der Waals surface area contributed by atoms with Gasteiger partial charge in [0.25, 0.3) is 0 Å². The molecule has 0 aliphatic rings. The Morgan fingerprint density at radius 1 is 1.00 bits per heavy atom. The largest absolute Gasteiger partial charge is 0.456 e. The van der Waals surface area contributed by atoms with Gasteiger partial charge in [-0.2, -0.15) is 0 Å². The first-order chi connectivity index (χ1) is 8.29. The number of furan rings is 1. The van der Waals surface area contributed by atoms with Crippen LogP contribution in [0, 0.1) is 4.91 Å². The first-order valence-electron chi connectivity index (χ1n) is 5.08. The average Bonchev–Trinajstić information content (AvgIpc) is 2.75. The van der Waals surface area contributed by atoms with E-state index in [9.17, 15) is 9.70 Å². The highest BCUT2D eigenvalue weighted by Crippen LogP contribution is 2.29. The number of benzene rings is 2. The lowest BCUT2D eigenvalue weighted by atomic mass is 10.1. The molecule has 3 aromatic rings. The second-order valence-corrected chi connectivity index (χ2v) is 3.71. The molecule has 3 rings (SSSR count). The molecule has 0 bridgehead atoms. The SMILES string of the molecule is O=NC(=O)c1ccc2oc3ccccc3c2c1. The van der Waals surface area contributed by atoms with Gasteiger partial charge in [-0.25, -0.2) is 0 Å². The zero-order valence-corrected chi connectivity index (χ0v) is 8.71. The van der Waals surface area contributed by atoms with Crippen LogP contribution in [0.4, 0.5) is 0 Å². The summed E-state index contributed by atoms with van der Waals surface area (Å²) < 4.78 is 5.60. The van der Waals surface area contributed by atoms with Crippen molar-refractivity contribution in [3.05, 3.63) is 52.9 Å². The maximum Gasteiger partial charge on any atom is 0.316 e. The number of rotatable bonds is 1. The molecule has 82 valence electrons. The molecule has 0 N–H and O–H groups in total. The third kappa shape index (κ3) is 1.42. The van der Waals surface area contributed by atoms with E-state index in [0.29, 0.717) is 5.58 Å². The maximum absolute atomic E-state index is 11.2. The van der Waals surface area contributed by atoms with Gasteiger partial charge in [-0.05, 0) is 24.3 Å². The Hall–Kier alpha value is -2.49. The summed E-state index contributed by atoms with van der Waals surface area (Å²) in [5.74, 6) is -0.766. The predicted molar refractivity (Wildman–Crippen MR) is 63.8 cm³/mol. The number of hydrogen-bond donors (Lipinski definition) is 0. The van der Waals surface area contributed by atoms with Crippen molar-refractivity contribution >= 4 is 27.8 Å². The fourth-order valence-corrected chi connectivity index (χ4v) is 1.91. The van der Waals surface area contributed by atoms with Crippen molar-refractivity contribution in [1.82, 2.24) is 0 Å². The zero-order chi connectivity index (χ0) is 11.8. The first-order valence-corrected chi connectivity index (χ1v) is 5.08. The summed E-state index contributed by atoms with van der Waals surface area (Å²) in [7, 11) is 0. The third-order valence-electron chi connectivity index (χ3n) is 2.71. The lowest BCUT2D eigenvalue weighted by Crippen LogP contribution is -1.91. The molecule has 0 atom stereocenters. The number of carbonyl (C=O) groups excluding carboxylic acids is 1. The molecule has 1 amide bonds. The average molecular weight is 225 g/mol. The van der Waals surface area contributed by atoms with Gasteiger partial charge < -0.3 is 4.42 Å².